The fourth-order valence-electron chi connectivity index (χ4n) is 3.44. The number of carbonyl (C=O) groups is 1. The van der Waals surface area contributed by atoms with Crippen molar-refractivity contribution >= 4 is 26.8 Å². The van der Waals surface area contributed by atoms with E-state index in [1.165, 1.54) is 18.2 Å². The molecular formula is C24H26O6S. The third-order valence-corrected chi connectivity index (χ3v) is 6.91. The highest BCUT2D eigenvalue weighted by atomic mass is 32.2. The van der Waals surface area contributed by atoms with Gasteiger partial charge in [0.05, 0.1) is 17.1 Å². The van der Waals surface area contributed by atoms with E-state index in [1.807, 2.05) is 26.0 Å². The molecule has 0 unspecified atom stereocenters. The van der Waals surface area contributed by atoms with Gasteiger partial charge in [0.25, 0.3) is 0 Å². The molecule has 2 aromatic carbocycles. The maximum atomic E-state index is 12.4. The van der Waals surface area contributed by atoms with Crippen molar-refractivity contribution in [2.75, 3.05) is 5.75 Å². The Morgan fingerprint density at radius 2 is 1.74 bits per heavy atom. The number of ether oxygens (including phenoxy) is 1. The van der Waals surface area contributed by atoms with Gasteiger partial charge in [-0.1, -0.05) is 31.5 Å². The lowest BCUT2D eigenvalue weighted by Crippen LogP contribution is -2.14. The van der Waals surface area contributed by atoms with Crippen LogP contribution in [0.3, 0.4) is 0 Å². The number of aryl methyl sites for hydroxylation is 2. The van der Waals surface area contributed by atoms with Gasteiger partial charge in [0.15, 0.2) is 9.84 Å². The van der Waals surface area contributed by atoms with Crippen LogP contribution in [0.2, 0.25) is 0 Å². The maximum Gasteiger partial charge on any atom is 0.336 e. The van der Waals surface area contributed by atoms with Crippen molar-refractivity contribution in [3.8, 4) is 0 Å². The van der Waals surface area contributed by atoms with Crippen molar-refractivity contribution in [3.63, 3.8) is 0 Å². The Labute approximate surface area is 181 Å². The van der Waals surface area contributed by atoms with E-state index in [1.54, 1.807) is 12.1 Å². The minimum atomic E-state index is -3.58. The third kappa shape index (κ3) is 5.41. The number of esters is 1. The highest BCUT2D eigenvalue weighted by molar-refractivity contribution is 7.91. The maximum absolute atomic E-state index is 12.4. The van der Waals surface area contributed by atoms with E-state index in [2.05, 4.69) is 13.8 Å². The van der Waals surface area contributed by atoms with Gasteiger partial charge in [-0.05, 0) is 55.2 Å². The molecule has 0 fully saturated rings. The number of carbonyl (C=O) groups excluding carboxylic acids is 1. The first-order chi connectivity index (χ1) is 14.6. The molecule has 31 heavy (non-hydrogen) atoms. The average Bonchev–Trinajstić information content (AvgIpc) is 2.70. The summed E-state index contributed by atoms with van der Waals surface area (Å²) in [6.07, 6.45) is -0.272. The zero-order valence-electron chi connectivity index (χ0n) is 18.1. The summed E-state index contributed by atoms with van der Waals surface area (Å²) in [4.78, 5) is 24.3. The molecule has 0 aliphatic rings. The standard InChI is InChI=1S/C24H26O6S/c1-15(2)20-13-21-18(12-24(26)30-22(21)11-17(20)4)14-29-23(25)9-10-31(27,28)19-7-5-16(3)6-8-19/h5-8,11-13,15H,9-10,14H2,1-4H3. The van der Waals surface area contributed by atoms with E-state index >= 15 is 0 Å². The molecule has 0 amide bonds. The molecule has 6 nitrogen and oxygen atoms in total. The first kappa shape index (κ1) is 22.7. The van der Waals surface area contributed by atoms with Crippen molar-refractivity contribution in [1.29, 1.82) is 0 Å². The van der Waals surface area contributed by atoms with Crippen LogP contribution in [-0.2, 0) is 26.0 Å². The number of benzene rings is 2. The molecule has 3 aromatic rings. The molecule has 0 aliphatic carbocycles. The highest BCUT2D eigenvalue weighted by Crippen LogP contribution is 2.27. The summed E-state index contributed by atoms with van der Waals surface area (Å²) in [6, 6.07) is 11.5. The molecule has 0 atom stereocenters. The number of sulfone groups is 1. The van der Waals surface area contributed by atoms with Gasteiger partial charge >= 0.3 is 11.6 Å². The second kappa shape index (κ2) is 9.06. The van der Waals surface area contributed by atoms with Crippen LogP contribution < -0.4 is 5.63 Å². The number of fused-ring (bicyclic) bond motifs is 1. The van der Waals surface area contributed by atoms with Crippen molar-refractivity contribution in [2.45, 2.75) is 51.5 Å². The summed E-state index contributed by atoms with van der Waals surface area (Å²) >= 11 is 0. The molecule has 0 bridgehead atoms. The molecule has 1 heterocycles. The Kier molecular flexibility index (Phi) is 6.65. The number of hydrogen-bond donors (Lipinski definition) is 0. The van der Waals surface area contributed by atoms with Gasteiger partial charge in [-0.15, -0.1) is 0 Å². The van der Waals surface area contributed by atoms with E-state index in [0.717, 1.165) is 16.7 Å². The van der Waals surface area contributed by atoms with Crippen LogP contribution >= 0.6 is 0 Å². The van der Waals surface area contributed by atoms with E-state index in [-0.39, 0.29) is 29.6 Å². The second-order valence-electron chi connectivity index (χ2n) is 7.99. The molecule has 164 valence electrons. The smallest absolute Gasteiger partial charge is 0.336 e. The zero-order valence-corrected chi connectivity index (χ0v) is 18.9. The monoisotopic (exact) mass is 442 g/mol. The van der Waals surface area contributed by atoms with Gasteiger partial charge in [-0.2, -0.15) is 0 Å². The summed E-state index contributed by atoms with van der Waals surface area (Å²) in [5, 5.41) is 0.703. The summed E-state index contributed by atoms with van der Waals surface area (Å²) < 4.78 is 35.4. The summed E-state index contributed by atoms with van der Waals surface area (Å²) in [7, 11) is -3.58. The van der Waals surface area contributed by atoms with Crippen LogP contribution in [0.25, 0.3) is 11.0 Å². The van der Waals surface area contributed by atoms with Crippen LogP contribution in [0.1, 0.15) is 48.4 Å². The Morgan fingerprint density at radius 1 is 1.06 bits per heavy atom. The molecule has 7 heteroatoms. The van der Waals surface area contributed by atoms with Crippen LogP contribution in [0.5, 0.6) is 0 Å². The highest BCUT2D eigenvalue weighted by Gasteiger charge is 2.18. The van der Waals surface area contributed by atoms with Crippen molar-refractivity contribution in [1.82, 2.24) is 0 Å². The lowest BCUT2D eigenvalue weighted by molar-refractivity contribution is -0.144. The van der Waals surface area contributed by atoms with E-state index in [9.17, 15) is 18.0 Å². The summed E-state index contributed by atoms with van der Waals surface area (Å²) in [5.41, 5.74) is 3.51. The topological polar surface area (TPSA) is 90.6 Å². The molecular weight excluding hydrogens is 416 g/mol. The fourth-order valence-corrected chi connectivity index (χ4v) is 4.67. The fraction of sp³-hybridized carbons (Fsp3) is 0.333. The van der Waals surface area contributed by atoms with Crippen molar-refractivity contribution in [2.24, 2.45) is 0 Å². The zero-order chi connectivity index (χ0) is 22.8. The summed E-state index contributed by atoms with van der Waals surface area (Å²) in [5.74, 6) is -0.713. The SMILES string of the molecule is Cc1ccc(S(=O)(=O)CCC(=O)OCc2cc(=O)oc3cc(C)c(C(C)C)cc23)cc1. The lowest BCUT2D eigenvalue weighted by atomic mass is 9.95. The molecule has 0 saturated carbocycles. The predicted molar refractivity (Wildman–Crippen MR) is 119 cm³/mol. The minimum Gasteiger partial charge on any atom is -0.461 e. The molecule has 0 saturated heterocycles. The van der Waals surface area contributed by atoms with Crippen LogP contribution in [0.4, 0.5) is 0 Å². The first-order valence-electron chi connectivity index (χ1n) is 10.1. The molecule has 0 spiro atoms. The Morgan fingerprint density at radius 3 is 2.39 bits per heavy atom. The van der Waals surface area contributed by atoms with Gasteiger partial charge in [-0.25, -0.2) is 13.2 Å². The van der Waals surface area contributed by atoms with Crippen molar-refractivity contribution < 1.29 is 22.4 Å². The van der Waals surface area contributed by atoms with E-state index in [4.69, 9.17) is 9.15 Å². The number of hydrogen-bond acceptors (Lipinski definition) is 6. The Bertz CT molecular complexity index is 1270. The molecule has 0 aliphatic heterocycles. The summed E-state index contributed by atoms with van der Waals surface area (Å²) in [6.45, 7) is 7.83. The van der Waals surface area contributed by atoms with Crippen LogP contribution in [-0.4, -0.2) is 20.1 Å². The molecule has 0 N–H and O–H groups in total. The van der Waals surface area contributed by atoms with Gasteiger partial charge < -0.3 is 9.15 Å². The second-order valence-corrected chi connectivity index (χ2v) is 10.1. The van der Waals surface area contributed by atoms with Gasteiger partial charge in [0.2, 0.25) is 0 Å². The minimum absolute atomic E-state index is 0.133. The lowest BCUT2D eigenvalue weighted by Gasteiger charge is -2.13. The van der Waals surface area contributed by atoms with Gasteiger partial charge in [0.1, 0.15) is 12.2 Å². The Hall–Kier alpha value is -2.93. The van der Waals surface area contributed by atoms with Crippen LogP contribution in [0, 0.1) is 13.8 Å². The van der Waals surface area contributed by atoms with E-state index in [0.29, 0.717) is 16.5 Å². The van der Waals surface area contributed by atoms with Gasteiger partial charge in [-0.3, -0.25) is 4.79 Å². The van der Waals surface area contributed by atoms with Crippen LogP contribution in [0.15, 0.2) is 56.6 Å². The molecule has 3 rings (SSSR count). The third-order valence-electron chi connectivity index (χ3n) is 5.18. The first-order valence-corrected chi connectivity index (χ1v) is 11.7. The normalized spacial score (nSPS) is 11.8. The van der Waals surface area contributed by atoms with Crippen molar-refractivity contribution in [3.05, 3.63) is 75.1 Å². The Balaban J connectivity index is 1.73. The largest absolute Gasteiger partial charge is 0.461 e. The number of rotatable bonds is 7. The molecule has 0 radical (unpaired) electrons. The van der Waals surface area contributed by atoms with Gasteiger partial charge in [0, 0.05) is 17.0 Å². The average molecular weight is 443 g/mol. The van der Waals surface area contributed by atoms with E-state index < -0.39 is 21.4 Å². The molecule has 1 aromatic heterocycles. The predicted octanol–water partition coefficient (Wildman–Crippen LogP) is 4.44. The quantitative estimate of drug-likeness (QED) is 0.397.